The number of aryl methyl sites for hydroxylation is 2. The summed E-state index contributed by atoms with van der Waals surface area (Å²) in [4.78, 5) is 14.3. The van der Waals surface area contributed by atoms with Gasteiger partial charge < -0.3 is 4.90 Å². The Balaban J connectivity index is 1.69. The van der Waals surface area contributed by atoms with Crippen molar-refractivity contribution in [2.75, 3.05) is 7.05 Å². The van der Waals surface area contributed by atoms with Crippen molar-refractivity contribution in [3.63, 3.8) is 0 Å². The summed E-state index contributed by atoms with van der Waals surface area (Å²) in [6, 6.07) is 9.52. The average molecular weight is 372 g/mol. The van der Waals surface area contributed by atoms with E-state index in [4.69, 9.17) is 11.6 Å². The van der Waals surface area contributed by atoms with Crippen molar-refractivity contribution in [1.82, 2.24) is 24.5 Å². The van der Waals surface area contributed by atoms with Crippen molar-refractivity contribution in [3.05, 3.63) is 69.8 Å². The van der Waals surface area contributed by atoms with Gasteiger partial charge in [0.25, 0.3) is 5.91 Å². The number of carbonyl (C=O) groups excluding carboxylic acids is 1. The maximum Gasteiger partial charge on any atom is 0.253 e. The molecule has 0 atom stereocenters. The lowest BCUT2D eigenvalue weighted by Crippen LogP contribution is -2.27. The highest BCUT2D eigenvalue weighted by Crippen LogP contribution is 2.20. The molecule has 6 nitrogen and oxygen atoms in total. The molecule has 136 valence electrons. The molecular formula is C19H22ClN5O. The van der Waals surface area contributed by atoms with Gasteiger partial charge in [-0.1, -0.05) is 23.7 Å². The molecule has 0 N–H and O–H groups in total. The van der Waals surface area contributed by atoms with E-state index < -0.39 is 0 Å². The van der Waals surface area contributed by atoms with Gasteiger partial charge >= 0.3 is 0 Å². The first-order valence-corrected chi connectivity index (χ1v) is 8.75. The van der Waals surface area contributed by atoms with Crippen LogP contribution in [0.4, 0.5) is 0 Å². The number of halogens is 1. The standard InChI is InChI=1S/C19H22ClN5O/c1-13-18(20)14(2)25(22-13)11-15-5-7-16(8-6-15)19(26)23(3)12-17-9-10-21-24(17)4/h5-10H,11-12H2,1-4H3. The van der Waals surface area contributed by atoms with Crippen LogP contribution in [-0.2, 0) is 20.1 Å². The molecule has 1 aromatic carbocycles. The molecule has 0 bridgehead atoms. The summed E-state index contributed by atoms with van der Waals surface area (Å²) < 4.78 is 3.65. The Morgan fingerprint density at radius 3 is 2.42 bits per heavy atom. The van der Waals surface area contributed by atoms with Crippen LogP contribution >= 0.6 is 11.6 Å². The maximum absolute atomic E-state index is 12.6. The van der Waals surface area contributed by atoms with Gasteiger partial charge in [-0.2, -0.15) is 10.2 Å². The minimum absolute atomic E-state index is 0.0214. The van der Waals surface area contributed by atoms with Crippen LogP contribution in [0.5, 0.6) is 0 Å². The van der Waals surface area contributed by atoms with Gasteiger partial charge in [0, 0.05) is 25.9 Å². The first-order chi connectivity index (χ1) is 12.4. The van der Waals surface area contributed by atoms with Crippen molar-refractivity contribution in [1.29, 1.82) is 0 Å². The van der Waals surface area contributed by atoms with Gasteiger partial charge in [-0.25, -0.2) is 0 Å². The second-order valence-electron chi connectivity index (χ2n) is 6.45. The van der Waals surface area contributed by atoms with Crippen molar-refractivity contribution < 1.29 is 4.79 Å². The Bertz CT molecular complexity index is 926. The van der Waals surface area contributed by atoms with Crippen LogP contribution in [0.2, 0.25) is 5.02 Å². The predicted octanol–water partition coefficient (Wildman–Crippen LogP) is 3.21. The molecule has 2 aromatic heterocycles. The normalized spacial score (nSPS) is 11.0. The zero-order chi connectivity index (χ0) is 18.8. The number of aromatic nitrogens is 4. The molecule has 0 spiro atoms. The monoisotopic (exact) mass is 371 g/mol. The fourth-order valence-electron chi connectivity index (χ4n) is 2.85. The second kappa shape index (κ2) is 7.33. The van der Waals surface area contributed by atoms with Crippen LogP contribution in [-0.4, -0.2) is 37.4 Å². The van der Waals surface area contributed by atoms with Gasteiger partial charge in [0.2, 0.25) is 0 Å². The molecule has 2 heterocycles. The Hall–Kier alpha value is -2.60. The highest BCUT2D eigenvalue weighted by atomic mass is 35.5. The number of hydrogen-bond acceptors (Lipinski definition) is 3. The molecule has 0 unspecified atom stereocenters. The maximum atomic E-state index is 12.6. The molecule has 0 aliphatic rings. The third-order valence-corrected chi connectivity index (χ3v) is 5.04. The summed E-state index contributed by atoms with van der Waals surface area (Å²) in [5, 5.41) is 9.27. The third kappa shape index (κ3) is 3.65. The van der Waals surface area contributed by atoms with Gasteiger partial charge in [-0.3, -0.25) is 14.2 Å². The molecule has 0 aliphatic carbocycles. The van der Waals surface area contributed by atoms with Crippen molar-refractivity contribution >= 4 is 17.5 Å². The fourth-order valence-corrected chi connectivity index (χ4v) is 2.98. The number of hydrogen-bond donors (Lipinski definition) is 0. The number of nitrogens with zero attached hydrogens (tertiary/aromatic N) is 5. The molecule has 3 aromatic rings. The fraction of sp³-hybridized carbons (Fsp3) is 0.316. The van der Waals surface area contributed by atoms with E-state index in [0.29, 0.717) is 23.7 Å². The predicted molar refractivity (Wildman–Crippen MR) is 101 cm³/mol. The molecule has 0 aliphatic heterocycles. The molecular weight excluding hydrogens is 350 g/mol. The van der Waals surface area contributed by atoms with E-state index >= 15 is 0 Å². The average Bonchev–Trinajstić information content (AvgIpc) is 3.13. The first kappa shape index (κ1) is 18.2. The van der Waals surface area contributed by atoms with Crippen molar-refractivity contribution in [2.45, 2.75) is 26.9 Å². The Labute approximate surface area is 158 Å². The van der Waals surface area contributed by atoms with E-state index in [0.717, 1.165) is 22.6 Å². The molecule has 0 saturated carbocycles. The largest absolute Gasteiger partial charge is 0.336 e. The highest BCUT2D eigenvalue weighted by Gasteiger charge is 2.14. The number of rotatable bonds is 5. The molecule has 0 radical (unpaired) electrons. The molecule has 7 heteroatoms. The summed E-state index contributed by atoms with van der Waals surface area (Å²) in [6.45, 7) is 4.99. The zero-order valence-electron chi connectivity index (χ0n) is 15.4. The topological polar surface area (TPSA) is 56.0 Å². The van der Waals surface area contributed by atoms with Crippen molar-refractivity contribution in [2.24, 2.45) is 7.05 Å². The van der Waals surface area contributed by atoms with E-state index in [1.807, 2.05) is 55.9 Å². The number of amides is 1. The van der Waals surface area contributed by atoms with E-state index in [9.17, 15) is 4.79 Å². The van der Waals surface area contributed by atoms with E-state index in [-0.39, 0.29) is 5.91 Å². The third-order valence-electron chi connectivity index (χ3n) is 4.49. The van der Waals surface area contributed by atoms with E-state index in [1.165, 1.54) is 0 Å². The lowest BCUT2D eigenvalue weighted by Gasteiger charge is -2.17. The van der Waals surface area contributed by atoms with Gasteiger partial charge in [0.15, 0.2) is 0 Å². The minimum atomic E-state index is -0.0214. The number of carbonyl (C=O) groups is 1. The van der Waals surface area contributed by atoms with E-state index in [1.54, 1.807) is 22.8 Å². The molecule has 26 heavy (non-hydrogen) atoms. The minimum Gasteiger partial charge on any atom is -0.336 e. The summed E-state index contributed by atoms with van der Waals surface area (Å²) >= 11 is 6.20. The zero-order valence-corrected chi connectivity index (χ0v) is 16.2. The Morgan fingerprint density at radius 2 is 1.88 bits per heavy atom. The van der Waals surface area contributed by atoms with Crippen LogP contribution in [0.1, 0.15) is 33.0 Å². The lowest BCUT2D eigenvalue weighted by atomic mass is 10.1. The molecule has 0 fully saturated rings. The summed E-state index contributed by atoms with van der Waals surface area (Å²) in [5.41, 5.74) is 4.48. The van der Waals surface area contributed by atoms with Gasteiger partial charge in [-0.15, -0.1) is 0 Å². The molecule has 0 saturated heterocycles. The smallest absolute Gasteiger partial charge is 0.253 e. The molecule has 3 rings (SSSR count). The van der Waals surface area contributed by atoms with E-state index in [2.05, 4.69) is 10.2 Å². The van der Waals surface area contributed by atoms with Gasteiger partial charge in [-0.05, 0) is 37.6 Å². The number of benzene rings is 1. The van der Waals surface area contributed by atoms with Gasteiger partial charge in [0.1, 0.15) is 0 Å². The summed E-state index contributed by atoms with van der Waals surface area (Å²) in [6.07, 6.45) is 1.73. The molecule has 1 amide bonds. The quantitative estimate of drug-likeness (QED) is 0.692. The van der Waals surface area contributed by atoms with Crippen LogP contribution in [0.25, 0.3) is 0 Å². The lowest BCUT2D eigenvalue weighted by molar-refractivity contribution is 0.0782. The van der Waals surface area contributed by atoms with Crippen LogP contribution in [0, 0.1) is 13.8 Å². The Kier molecular flexibility index (Phi) is 5.13. The van der Waals surface area contributed by atoms with Crippen LogP contribution < -0.4 is 0 Å². The highest BCUT2D eigenvalue weighted by molar-refractivity contribution is 6.31. The Morgan fingerprint density at radius 1 is 1.19 bits per heavy atom. The van der Waals surface area contributed by atoms with Crippen LogP contribution in [0.15, 0.2) is 36.5 Å². The van der Waals surface area contributed by atoms with Gasteiger partial charge in [0.05, 0.1) is 35.2 Å². The SMILES string of the molecule is Cc1nn(Cc2ccc(C(=O)N(C)Cc3ccnn3C)cc2)c(C)c1Cl. The second-order valence-corrected chi connectivity index (χ2v) is 6.82. The van der Waals surface area contributed by atoms with Crippen LogP contribution in [0.3, 0.4) is 0 Å². The summed E-state index contributed by atoms with van der Waals surface area (Å²) in [5.74, 6) is -0.0214. The first-order valence-electron chi connectivity index (χ1n) is 8.37. The van der Waals surface area contributed by atoms with Crippen molar-refractivity contribution in [3.8, 4) is 0 Å². The summed E-state index contributed by atoms with van der Waals surface area (Å²) in [7, 11) is 3.66.